The van der Waals surface area contributed by atoms with Gasteiger partial charge in [-0.3, -0.25) is 4.79 Å². The van der Waals surface area contributed by atoms with Crippen LogP contribution < -0.4 is 5.32 Å². The number of hydrogen-bond donors (Lipinski definition) is 1. The van der Waals surface area contributed by atoms with Crippen LogP contribution in [0.3, 0.4) is 0 Å². The molecule has 4 nitrogen and oxygen atoms in total. The number of rotatable bonds is 4. The van der Waals surface area contributed by atoms with Crippen molar-refractivity contribution in [2.24, 2.45) is 0 Å². The molecule has 2 aromatic rings. The van der Waals surface area contributed by atoms with Crippen LogP contribution in [0.2, 0.25) is 0 Å². The number of nitrogens with one attached hydrogen (secondary N) is 1. The molecule has 0 fully saturated rings. The van der Waals surface area contributed by atoms with E-state index in [9.17, 15) is 4.79 Å². The summed E-state index contributed by atoms with van der Waals surface area (Å²) >= 11 is 0. The van der Waals surface area contributed by atoms with Crippen molar-refractivity contribution in [3.63, 3.8) is 0 Å². The molecule has 0 saturated carbocycles. The van der Waals surface area contributed by atoms with E-state index in [1.54, 1.807) is 6.07 Å². The fraction of sp³-hybridized carbons (Fsp3) is 0.357. The molecule has 2 aromatic heterocycles. The summed E-state index contributed by atoms with van der Waals surface area (Å²) in [7, 11) is 0. The first-order chi connectivity index (χ1) is 8.60. The summed E-state index contributed by atoms with van der Waals surface area (Å²) in [5.41, 5.74) is 0. The average Bonchev–Trinajstić information content (AvgIpc) is 2.97. The van der Waals surface area contributed by atoms with E-state index in [2.05, 4.69) is 5.32 Å². The maximum atomic E-state index is 11.9. The summed E-state index contributed by atoms with van der Waals surface area (Å²) in [6, 6.07) is 7.06. The van der Waals surface area contributed by atoms with Crippen molar-refractivity contribution >= 4 is 5.91 Å². The summed E-state index contributed by atoms with van der Waals surface area (Å²) in [5.74, 6) is 2.49. The minimum absolute atomic E-state index is 0.179. The Balaban J connectivity index is 2.02. The number of aryl methyl sites for hydroxylation is 2. The second kappa shape index (κ2) is 5.12. The second-order valence-corrected chi connectivity index (χ2v) is 4.26. The Morgan fingerprint density at radius 2 is 2.06 bits per heavy atom. The molecule has 1 N–H and O–H groups in total. The fourth-order valence-corrected chi connectivity index (χ4v) is 1.72. The third-order valence-corrected chi connectivity index (χ3v) is 2.77. The van der Waals surface area contributed by atoms with Crippen molar-refractivity contribution in [1.29, 1.82) is 0 Å². The van der Waals surface area contributed by atoms with Gasteiger partial charge in [0.05, 0.1) is 6.04 Å². The molecule has 0 saturated heterocycles. The van der Waals surface area contributed by atoms with Crippen molar-refractivity contribution in [3.8, 4) is 0 Å². The highest BCUT2D eigenvalue weighted by atomic mass is 16.4. The van der Waals surface area contributed by atoms with E-state index in [-0.39, 0.29) is 11.9 Å². The van der Waals surface area contributed by atoms with Gasteiger partial charge < -0.3 is 14.2 Å². The van der Waals surface area contributed by atoms with Crippen LogP contribution in [0, 0.1) is 6.92 Å². The monoisotopic (exact) mass is 247 g/mol. The van der Waals surface area contributed by atoms with Gasteiger partial charge in [0, 0.05) is 6.42 Å². The maximum absolute atomic E-state index is 11.9. The molecule has 0 radical (unpaired) electrons. The van der Waals surface area contributed by atoms with Gasteiger partial charge in [-0.1, -0.05) is 6.92 Å². The van der Waals surface area contributed by atoms with Crippen molar-refractivity contribution in [3.05, 3.63) is 47.3 Å². The van der Waals surface area contributed by atoms with Gasteiger partial charge in [0.1, 0.15) is 17.3 Å². The summed E-state index contributed by atoms with van der Waals surface area (Å²) in [6.07, 6.45) is 0.778. The highest BCUT2D eigenvalue weighted by Gasteiger charge is 2.16. The number of hydrogen-bond acceptors (Lipinski definition) is 3. The van der Waals surface area contributed by atoms with E-state index in [0.717, 1.165) is 23.7 Å². The Morgan fingerprint density at radius 1 is 1.28 bits per heavy atom. The van der Waals surface area contributed by atoms with Crippen LogP contribution in [0.4, 0.5) is 0 Å². The second-order valence-electron chi connectivity index (χ2n) is 4.26. The zero-order valence-electron chi connectivity index (χ0n) is 10.8. The Labute approximate surface area is 106 Å². The molecule has 2 heterocycles. The SMILES string of the molecule is CCc1ccc(C(=O)NC(C)c2ccc(C)o2)o1. The van der Waals surface area contributed by atoms with E-state index in [4.69, 9.17) is 8.83 Å². The third kappa shape index (κ3) is 2.64. The van der Waals surface area contributed by atoms with E-state index >= 15 is 0 Å². The van der Waals surface area contributed by atoms with Crippen molar-refractivity contribution in [2.75, 3.05) is 0 Å². The molecule has 0 aliphatic heterocycles. The Hall–Kier alpha value is -1.97. The molecule has 1 atom stereocenters. The van der Waals surface area contributed by atoms with Gasteiger partial charge >= 0.3 is 0 Å². The van der Waals surface area contributed by atoms with Gasteiger partial charge in [-0.2, -0.15) is 0 Å². The van der Waals surface area contributed by atoms with Crippen LogP contribution in [-0.2, 0) is 6.42 Å². The molecular formula is C14H17NO3. The summed E-state index contributed by atoms with van der Waals surface area (Å²) in [4.78, 5) is 11.9. The highest BCUT2D eigenvalue weighted by Crippen LogP contribution is 2.16. The molecule has 0 aliphatic rings. The maximum Gasteiger partial charge on any atom is 0.287 e. The summed E-state index contributed by atoms with van der Waals surface area (Å²) in [5, 5.41) is 2.84. The normalized spacial score (nSPS) is 12.4. The van der Waals surface area contributed by atoms with Gasteiger partial charge in [-0.15, -0.1) is 0 Å². The van der Waals surface area contributed by atoms with Gasteiger partial charge in [0.25, 0.3) is 5.91 Å². The Bertz CT molecular complexity index is 539. The molecule has 2 rings (SSSR count). The highest BCUT2D eigenvalue weighted by molar-refractivity contribution is 5.91. The van der Waals surface area contributed by atoms with Crippen LogP contribution >= 0.6 is 0 Å². The molecule has 1 unspecified atom stereocenters. The minimum atomic E-state index is -0.226. The summed E-state index contributed by atoms with van der Waals surface area (Å²) in [6.45, 7) is 5.73. The first kappa shape index (κ1) is 12.5. The first-order valence-electron chi connectivity index (χ1n) is 6.06. The van der Waals surface area contributed by atoms with E-state index < -0.39 is 0 Å². The quantitative estimate of drug-likeness (QED) is 0.902. The summed E-state index contributed by atoms with van der Waals surface area (Å²) < 4.78 is 10.9. The molecular weight excluding hydrogens is 230 g/mol. The van der Waals surface area contributed by atoms with Crippen molar-refractivity contribution < 1.29 is 13.6 Å². The van der Waals surface area contributed by atoms with Gasteiger partial charge in [-0.25, -0.2) is 0 Å². The zero-order valence-corrected chi connectivity index (χ0v) is 10.8. The molecule has 96 valence electrons. The van der Waals surface area contributed by atoms with E-state index in [1.165, 1.54) is 0 Å². The minimum Gasteiger partial charge on any atom is -0.464 e. The lowest BCUT2D eigenvalue weighted by Crippen LogP contribution is -2.25. The Morgan fingerprint density at radius 3 is 2.61 bits per heavy atom. The van der Waals surface area contributed by atoms with E-state index in [1.807, 2.05) is 39.0 Å². The van der Waals surface area contributed by atoms with Gasteiger partial charge in [0.2, 0.25) is 0 Å². The topological polar surface area (TPSA) is 55.4 Å². The molecule has 1 amide bonds. The number of carbonyl (C=O) groups excluding carboxylic acids is 1. The lowest BCUT2D eigenvalue weighted by atomic mass is 10.2. The number of carbonyl (C=O) groups is 1. The fourth-order valence-electron chi connectivity index (χ4n) is 1.72. The molecule has 0 bridgehead atoms. The first-order valence-corrected chi connectivity index (χ1v) is 6.06. The average molecular weight is 247 g/mol. The van der Waals surface area contributed by atoms with Crippen LogP contribution in [0.25, 0.3) is 0 Å². The van der Waals surface area contributed by atoms with E-state index in [0.29, 0.717) is 5.76 Å². The molecule has 0 aliphatic carbocycles. The van der Waals surface area contributed by atoms with Gasteiger partial charge in [-0.05, 0) is 38.1 Å². The lowest BCUT2D eigenvalue weighted by molar-refractivity contribution is 0.0905. The molecule has 0 aromatic carbocycles. The van der Waals surface area contributed by atoms with Crippen molar-refractivity contribution in [2.45, 2.75) is 33.2 Å². The molecule has 0 spiro atoms. The predicted octanol–water partition coefficient (Wildman–Crippen LogP) is 3.23. The smallest absolute Gasteiger partial charge is 0.287 e. The van der Waals surface area contributed by atoms with Crippen LogP contribution in [0.15, 0.2) is 33.1 Å². The van der Waals surface area contributed by atoms with Gasteiger partial charge in [0.15, 0.2) is 5.76 Å². The molecule has 4 heteroatoms. The van der Waals surface area contributed by atoms with Crippen LogP contribution in [0.1, 0.15) is 47.7 Å². The zero-order chi connectivity index (χ0) is 13.1. The molecule has 18 heavy (non-hydrogen) atoms. The van der Waals surface area contributed by atoms with Crippen LogP contribution in [0.5, 0.6) is 0 Å². The Kier molecular flexibility index (Phi) is 3.55. The standard InChI is InChI=1S/C14H17NO3/c1-4-11-6-8-13(18-11)14(16)15-10(3)12-7-5-9(2)17-12/h5-8,10H,4H2,1-3H3,(H,15,16). The van der Waals surface area contributed by atoms with Crippen molar-refractivity contribution in [1.82, 2.24) is 5.32 Å². The largest absolute Gasteiger partial charge is 0.464 e. The lowest BCUT2D eigenvalue weighted by Gasteiger charge is -2.09. The third-order valence-electron chi connectivity index (χ3n) is 2.77. The number of amides is 1. The van der Waals surface area contributed by atoms with Crippen LogP contribution in [-0.4, -0.2) is 5.91 Å². The number of furan rings is 2. The predicted molar refractivity (Wildman–Crippen MR) is 67.4 cm³/mol.